The van der Waals surface area contributed by atoms with Gasteiger partial charge in [-0.3, -0.25) is 14.5 Å². The number of esters is 1. The van der Waals surface area contributed by atoms with Crippen LogP contribution >= 0.6 is 0 Å². The fraction of sp³-hybridized carbons (Fsp3) is 0.875. The predicted octanol–water partition coefficient (Wildman–Crippen LogP) is 3.17. The highest BCUT2D eigenvalue weighted by molar-refractivity contribution is 5.99. The van der Waals surface area contributed by atoms with Crippen LogP contribution in [0.4, 0.5) is 4.79 Å². The maximum atomic E-state index is 13.1. The van der Waals surface area contributed by atoms with Crippen LogP contribution in [0.5, 0.6) is 0 Å². The fourth-order valence-corrected chi connectivity index (χ4v) is 5.49. The molecule has 2 rings (SSSR count). The van der Waals surface area contributed by atoms with Gasteiger partial charge in [0.05, 0.1) is 17.7 Å². The molecule has 2 aliphatic heterocycles. The van der Waals surface area contributed by atoms with E-state index in [-0.39, 0.29) is 29.9 Å². The number of fused-ring (bicyclic) bond motifs is 1. The Labute approximate surface area is 192 Å². The van der Waals surface area contributed by atoms with Gasteiger partial charge in [-0.25, -0.2) is 4.79 Å². The first-order valence-electron chi connectivity index (χ1n) is 11.8. The predicted molar refractivity (Wildman–Crippen MR) is 121 cm³/mol. The van der Waals surface area contributed by atoms with Gasteiger partial charge in [-0.15, -0.1) is 0 Å². The lowest BCUT2D eigenvalue weighted by Gasteiger charge is -2.34. The lowest BCUT2D eigenvalue weighted by molar-refractivity contribution is -0.168. The number of carbonyl (C=O) groups excluding carboxylic acids is 3. The number of hydrogen-bond donors (Lipinski definition) is 1. The number of nitrogens with zero attached hydrogens (tertiary/aromatic N) is 1. The van der Waals surface area contributed by atoms with E-state index in [0.717, 1.165) is 13.0 Å². The van der Waals surface area contributed by atoms with Crippen LogP contribution in [0, 0.1) is 17.8 Å². The number of cyclic esters (lactones) is 1. The molecular formula is C24H42N2O6. The maximum Gasteiger partial charge on any atom is 0.411 e. The average Bonchev–Trinajstić information content (AvgIpc) is 3.33. The zero-order chi connectivity index (χ0) is 24.4. The Morgan fingerprint density at radius 3 is 2.38 bits per heavy atom. The summed E-state index contributed by atoms with van der Waals surface area (Å²) in [7, 11) is 3.58. The molecule has 8 nitrogen and oxygen atoms in total. The van der Waals surface area contributed by atoms with Crippen molar-refractivity contribution >= 4 is 17.8 Å². The van der Waals surface area contributed by atoms with E-state index < -0.39 is 29.2 Å². The molecule has 0 aromatic heterocycles. The second kappa shape index (κ2) is 10.1. The van der Waals surface area contributed by atoms with Gasteiger partial charge in [-0.05, 0) is 66.5 Å². The molecule has 1 N–H and O–H groups in total. The van der Waals surface area contributed by atoms with E-state index in [1.807, 2.05) is 41.7 Å². The number of ether oxygens (including phenoxy) is 3. The summed E-state index contributed by atoms with van der Waals surface area (Å²) in [5, 5.41) is 3.17. The highest BCUT2D eigenvalue weighted by Crippen LogP contribution is 2.48. The molecule has 2 fully saturated rings. The Morgan fingerprint density at radius 1 is 1.28 bits per heavy atom. The summed E-state index contributed by atoms with van der Waals surface area (Å²) in [6, 6.07) is -0.0233. The summed E-state index contributed by atoms with van der Waals surface area (Å²) < 4.78 is 17.1. The standard InChI is InChI=1S/C24H42N2O6/c1-10-18(24(7)20-17(5)26(20)22(29)32-24)31-21(28)16(4)19(27)15(3)12-23(6,30-9)11-14(2)13-25-8/h14-18,20,25H,10-13H2,1-9H3/t14-,15-,16?,17+,18-,20-,23-,24-,26?/m1/s1. The Balaban J connectivity index is 2.00. The maximum absolute atomic E-state index is 13.1. The van der Waals surface area contributed by atoms with Gasteiger partial charge in [0, 0.05) is 13.0 Å². The highest BCUT2D eigenvalue weighted by atomic mass is 16.6. The SMILES string of the molecule is CC[C@@H](OC(=O)C(C)C(=O)[C@H](C)C[C@@](C)(C[C@@H](C)CNC)OC)[C@@]1(C)OC(=O)N2[C@@H](C)[C@@H]21. The van der Waals surface area contributed by atoms with Crippen LogP contribution in [-0.4, -0.2) is 72.8 Å². The Kier molecular flexibility index (Phi) is 8.37. The molecule has 2 heterocycles. The first-order chi connectivity index (χ1) is 14.8. The molecule has 1 unspecified atom stereocenters. The van der Waals surface area contributed by atoms with E-state index in [1.54, 1.807) is 18.9 Å². The zero-order valence-electron chi connectivity index (χ0n) is 21.2. The van der Waals surface area contributed by atoms with Crippen LogP contribution in [-0.2, 0) is 23.8 Å². The lowest BCUT2D eigenvalue weighted by atomic mass is 9.81. The van der Waals surface area contributed by atoms with Gasteiger partial charge in [0.2, 0.25) is 0 Å². The van der Waals surface area contributed by atoms with Crippen molar-refractivity contribution in [2.75, 3.05) is 20.7 Å². The third-order valence-corrected chi connectivity index (χ3v) is 7.31. The number of Topliss-reactive ketones (excluding diaryl/α,β-unsaturated/α-hetero) is 1. The third kappa shape index (κ3) is 5.28. The van der Waals surface area contributed by atoms with Gasteiger partial charge in [0.25, 0.3) is 0 Å². The van der Waals surface area contributed by atoms with Crippen molar-refractivity contribution in [2.24, 2.45) is 17.8 Å². The summed E-state index contributed by atoms with van der Waals surface area (Å²) in [5.74, 6) is -1.60. The molecule has 0 radical (unpaired) electrons. The Bertz CT molecular complexity index is 715. The summed E-state index contributed by atoms with van der Waals surface area (Å²) >= 11 is 0. The largest absolute Gasteiger partial charge is 0.458 e. The second-order valence-corrected chi connectivity index (χ2v) is 10.2. The first-order valence-corrected chi connectivity index (χ1v) is 11.8. The average molecular weight is 455 g/mol. The van der Waals surface area contributed by atoms with Crippen molar-refractivity contribution in [3.63, 3.8) is 0 Å². The number of hydrogen-bond acceptors (Lipinski definition) is 7. The molecule has 0 aromatic rings. The molecule has 32 heavy (non-hydrogen) atoms. The highest BCUT2D eigenvalue weighted by Gasteiger charge is 2.69. The number of methoxy groups -OCH3 is 1. The van der Waals surface area contributed by atoms with Crippen LogP contribution < -0.4 is 5.32 Å². The number of rotatable bonds is 13. The summed E-state index contributed by atoms with van der Waals surface area (Å²) in [6.07, 6.45) is 0.849. The molecular weight excluding hydrogens is 412 g/mol. The zero-order valence-corrected chi connectivity index (χ0v) is 21.2. The van der Waals surface area contributed by atoms with Gasteiger partial charge in [0.15, 0.2) is 5.60 Å². The second-order valence-electron chi connectivity index (χ2n) is 10.2. The van der Waals surface area contributed by atoms with E-state index in [2.05, 4.69) is 12.2 Å². The van der Waals surface area contributed by atoms with Gasteiger partial charge in [0.1, 0.15) is 17.8 Å². The van der Waals surface area contributed by atoms with E-state index >= 15 is 0 Å². The minimum atomic E-state index is -0.900. The van der Waals surface area contributed by atoms with E-state index in [0.29, 0.717) is 18.8 Å². The van der Waals surface area contributed by atoms with E-state index in [1.165, 1.54) is 0 Å². The number of ketones is 1. The minimum absolute atomic E-state index is 0.0742. The normalized spacial score (nSPS) is 29.9. The smallest absolute Gasteiger partial charge is 0.411 e. The molecule has 0 bridgehead atoms. The van der Waals surface area contributed by atoms with E-state index in [9.17, 15) is 14.4 Å². The Hall–Kier alpha value is -1.67. The van der Waals surface area contributed by atoms with Crippen LogP contribution in [0.15, 0.2) is 0 Å². The van der Waals surface area contributed by atoms with E-state index in [4.69, 9.17) is 14.2 Å². The topological polar surface area (TPSA) is 93.9 Å². The fourth-order valence-electron chi connectivity index (χ4n) is 5.49. The molecule has 8 atom stereocenters. The molecule has 8 heteroatoms. The van der Waals surface area contributed by atoms with Crippen molar-refractivity contribution in [3.8, 4) is 0 Å². The van der Waals surface area contributed by atoms with Gasteiger partial charge >= 0.3 is 12.1 Å². The van der Waals surface area contributed by atoms with Crippen molar-refractivity contribution in [3.05, 3.63) is 0 Å². The number of amides is 1. The number of carbonyl (C=O) groups is 3. The molecule has 0 saturated carbocycles. The molecule has 2 saturated heterocycles. The molecule has 0 aliphatic carbocycles. The van der Waals surface area contributed by atoms with Crippen molar-refractivity contribution in [1.29, 1.82) is 0 Å². The van der Waals surface area contributed by atoms with Gasteiger partial charge < -0.3 is 19.5 Å². The van der Waals surface area contributed by atoms with Gasteiger partial charge in [-0.1, -0.05) is 20.8 Å². The van der Waals surface area contributed by atoms with Crippen LogP contribution in [0.25, 0.3) is 0 Å². The van der Waals surface area contributed by atoms with Crippen molar-refractivity contribution < 1.29 is 28.6 Å². The summed E-state index contributed by atoms with van der Waals surface area (Å²) in [5.41, 5.74) is -1.36. The third-order valence-electron chi connectivity index (χ3n) is 7.31. The monoisotopic (exact) mass is 454 g/mol. The van der Waals surface area contributed by atoms with Crippen LogP contribution in [0.2, 0.25) is 0 Å². The summed E-state index contributed by atoms with van der Waals surface area (Å²) in [4.78, 5) is 39.7. The van der Waals surface area contributed by atoms with Gasteiger partial charge in [-0.2, -0.15) is 0 Å². The molecule has 1 amide bonds. The van der Waals surface area contributed by atoms with Crippen LogP contribution in [0.3, 0.4) is 0 Å². The first kappa shape index (κ1) is 26.6. The Morgan fingerprint density at radius 2 is 1.91 bits per heavy atom. The molecule has 184 valence electrons. The van der Waals surface area contributed by atoms with Crippen molar-refractivity contribution in [2.45, 2.75) is 97.1 Å². The molecule has 0 aromatic carbocycles. The summed E-state index contributed by atoms with van der Waals surface area (Å²) in [6.45, 7) is 14.1. The molecule has 2 aliphatic rings. The number of nitrogens with one attached hydrogen (secondary N) is 1. The molecule has 0 spiro atoms. The minimum Gasteiger partial charge on any atom is -0.458 e. The quantitative estimate of drug-likeness (QED) is 0.259. The van der Waals surface area contributed by atoms with Crippen molar-refractivity contribution in [1.82, 2.24) is 10.2 Å². The van der Waals surface area contributed by atoms with Crippen LogP contribution in [0.1, 0.15) is 67.7 Å². The lowest BCUT2D eigenvalue weighted by Crippen LogP contribution is -2.49.